The molecule has 0 spiro atoms. The summed E-state index contributed by atoms with van der Waals surface area (Å²) in [6.07, 6.45) is 0.804. The second kappa shape index (κ2) is 5.17. The Morgan fingerprint density at radius 1 is 1.15 bits per heavy atom. The highest BCUT2D eigenvalue weighted by Crippen LogP contribution is 2.15. The fraction of sp³-hybridized carbons (Fsp3) is 0.333. The highest BCUT2D eigenvalue weighted by molar-refractivity contribution is 9.09. The molecule has 0 aliphatic heterocycles. The Bertz CT molecular complexity index is 258. The smallest absolute Gasteiger partial charge is 0.129 e. The lowest BCUT2D eigenvalue weighted by atomic mass is 10.3. The van der Waals surface area contributed by atoms with Gasteiger partial charge in [-0.3, -0.25) is 0 Å². The van der Waals surface area contributed by atoms with Crippen LogP contribution in [0.4, 0.5) is 8.78 Å². The highest BCUT2D eigenvalue weighted by atomic mass is 79.9. The first-order chi connectivity index (χ1) is 6.22. The maximum absolute atomic E-state index is 12.6. The van der Waals surface area contributed by atoms with Crippen molar-refractivity contribution in [3.63, 3.8) is 0 Å². The van der Waals surface area contributed by atoms with E-state index < -0.39 is 11.6 Å². The lowest BCUT2D eigenvalue weighted by Crippen LogP contribution is -1.98. The lowest BCUT2D eigenvalue weighted by Gasteiger charge is -2.04. The summed E-state index contributed by atoms with van der Waals surface area (Å²) in [5, 5.41) is 0.810. The lowest BCUT2D eigenvalue weighted by molar-refractivity contribution is 0.315. The minimum Gasteiger partial charge on any atom is -0.493 e. The van der Waals surface area contributed by atoms with Crippen molar-refractivity contribution < 1.29 is 13.5 Å². The van der Waals surface area contributed by atoms with Gasteiger partial charge in [-0.25, -0.2) is 8.78 Å². The van der Waals surface area contributed by atoms with Crippen LogP contribution in [0.5, 0.6) is 5.75 Å². The topological polar surface area (TPSA) is 9.23 Å². The first kappa shape index (κ1) is 10.4. The third-order valence-corrected chi connectivity index (χ3v) is 1.94. The van der Waals surface area contributed by atoms with Gasteiger partial charge in [0.1, 0.15) is 17.4 Å². The van der Waals surface area contributed by atoms with Gasteiger partial charge in [-0.2, -0.15) is 0 Å². The van der Waals surface area contributed by atoms with Gasteiger partial charge in [0.2, 0.25) is 0 Å². The fourth-order valence-electron chi connectivity index (χ4n) is 0.856. The van der Waals surface area contributed by atoms with Crippen LogP contribution in [0.1, 0.15) is 6.42 Å². The van der Waals surface area contributed by atoms with Crippen LogP contribution in [-0.4, -0.2) is 11.9 Å². The SMILES string of the molecule is Fc1cc(F)cc(OCCCBr)c1. The predicted molar refractivity (Wildman–Crippen MR) is 50.3 cm³/mol. The van der Waals surface area contributed by atoms with Gasteiger partial charge in [-0.1, -0.05) is 15.9 Å². The Balaban J connectivity index is 2.56. The molecule has 0 saturated carbocycles. The Morgan fingerprint density at radius 3 is 2.31 bits per heavy atom. The third kappa shape index (κ3) is 3.72. The summed E-state index contributed by atoms with van der Waals surface area (Å²) < 4.78 is 30.3. The molecule has 1 aromatic rings. The van der Waals surface area contributed by atoms with Crippen LogP contribution in [0, 0.1) is 11.6 Å². The van der Waals surface area contributed by atoms with Gasteiger partial charge < -0.3 is 4.74 Å². The Labute approximate surface area is 83.8 Å². The minimum absolute atomic E-state index is 0.235. The Kier molecular flexibility index (Phi) is 4.15. The zero-order valence-corrected chi connectivity index (χ0v) is 8.48. The van der Waals surface area contributed by atoms with E-state index in [2.05, 4.69) is 15.9 Å². The standard InChI is InChI=1S/C9H9BrF2O/c10-2-1-3-13-9-5-7(11)4-8(12)6-9/h4-6H,1-3H2. The third-order valence-electron chi connectivity index (χ3n) is 1.38. The molecule has 0 amide bonds. The normalized spacial score (nSPS) is 10.1. The molecule has 0 aromatic heterocycles. The summed E-state index contributed by atoms with van der Waals surface area (Å²) in [7, 11) is 0. The van der Waals surface area contributed by atoms with Crippen LogP contribution in [-0.2, 0) is 0 Å². The molecule has 1 aromatic carbocycles. The van der Waals surface area contributed by atoms with Crippen LogP contribution < -0.4 is 4.74 Å². The zero-order valence-electron chi connectivity index (χ0n) is 6.90. The molecule has 4 heteroatoms. The molecular formula is C9H9BrF2O. The van der Waals surface area contributed by atoms with Crippen LogP contribution in [0.2, 0.25) is 0 Å². The monoisotopic (exact) mass is 250 g/mol. The van der Waals surface area contributed by atoms with Crippen molar-refractivity contribution in [3.8, 4) is 5.75 Å². The number of benzene rings is 1. The molecule has 0 unspecified atom stereocenters. The molecule has 0 aliphatic rings. The molecule has 0 aliphatic carbocycles. The molecule has 0 atom stereocenters. The molecule has 1 rings (SSSR count). The molecular weight excluding hydrogens is 242 g/mol. The van der Waals surface area contributed by atoms with E-state index in [0.717, 1.165) is 30.0 Å². The predicted octanol–water partition coefficient (Wildman–Crippen LogP) is 3.13. The summed E-state index contributed by atoms with van der Waals surface area (Å²) >= 11 is 3.22. The van der Waals surface area contributed by atoms with E-state index in [1.54, 1.807) is 0 Å². The van der Waals surface area contributed by atoms with E-state index in [1.165, 1.54) is 0 Å². The van der Waals surface area contributed by atoms with Crippen molar-refractivity contribution in [1.29, 1.82) is 0 Å². The fourth-order valence-corrected chi connectivity index (χ4v) is 1.09. The van der Waals surface area contributed by atoms with E-state index in [9.17, 15) is 8.78 Å². The maximum Gasteiger partial charge on any atom is 0.129 e. The van der Waals surface area contributed by atoms with Crippen molar-refractivity contribution in [1.82, 2.24) is 0 Å². The van der Waals surface area contributed by atoms with Crippen LogP contribution in [0.3, 0.4) is 0 Å². The average Bonchev–Trinajstić information content (AvgIpc) is 2.03. The zero-order chi connectivity index (χ0) is 9.68. The van der Waals surface area contributed by atoms with Crippen molar-refractivity contribution in [2.24, 2.45) is 0 Å². The van der Waals surface area contributed by atoms with Crippen molar-refractivity contribution >= 4 is 15.9 Å². The molecule has 1 nitrogen and oxygen atoms in total. The highest BCUT2D eigenvalue weighted by Gasteiger charge is 2.00. The number of alkyl halides is 1. The van der Waals surface area contributed by atoms with E-state index in [1.807, 2.05) is 0 Å². The summed E-state index contributed by atoms with van der Waals surface area (Å²) in [5.74, 6) is -0.999. The largest absolute Gasteiger partial charge is 0.493 e. The second-order valence-electron chi connectivity index (χ2n) is 2.50. The van der Waals surface area contributed by atoms with Gasteiger partial charge in [-0.05, 0) is 6.42 Å². The molecule has 0 heterocycles. The molecule has 0 N–H and O–H groups in total. The van der Waals surface area contributed by atoms with Crippen molar-refractivity contribution in [2.75, 3.05) is 11.9 Å². The maximum atomic E-state index is 12.6. The Hall–Kier alpha value is -0.640. The van der Waals surface area contributed by atoms with Crippen LogP contribution in [0.15, 0.2) is 18.2 Å². The number of hydrogen-bond donors (Lipinski definition) is 0. The quantitative estimate of drug-likeness (QED) is 0.590. The van der Waals surface area contributed by atoms with Crippen LogP contribution >= 0.6 is 15.9 Å². The number of rotatable bonds is 4. The van der Waals surface area contributed by atoms with E-state index >= 15 is 0 Å². The first-order valence-corrected chi connectivity index (χ1v) is 4.99. The van der Waals surface area contributed by atoms with Crippen LogP contribution in [0.25, 0.3) is 0 Å². The summed E-state index contributed by atoms with van der Waals surface area (Å²) in [5.41, 5.74) is 0. The van der Waals surface area contributed by atoms with Gasteiger partial charge in [0.15, 0.2) is 0 Å². The van der Waals surface area contributed by atoms with Gasteiger partial charge in [0.25, 0.3) is 0 Å². The molecule has 0 bridgehead atoms. The van der Waals surface area contributed by atoms with Crippen molar-refractivity contribution in [3.05, 3.63) is 29.8 Å². The van der Waals surface area contributed by atoms with Crippen molar-refractivity contribution in [2.45, 2.75) is 6.42 Å². The molecule has 0 saturated heterocycles. The van der Waals surface area contributed by atoms with E-state index in [0.29, 0.717) is 6.61 Å². The molecule has 72 valence electrons. The van der Waals surface area contributed by atoms with E-state index in [4.69, 9.17) is 4.74 Å². The molecule has 13 heavy (non-hydrogen) atoms. The van der Waals surface area contributed by atoms with Gasteiger partial charge >= 0.3 is 0 Å². The molecule has 0 fully saturated rings. The van der Waals surface area contributed by atoms with Gasteiger partial charge in [0.05, 0.1) is 6.61 Å². The number of halogens is 3. The summed E-state index contributed by atoms with van der Waals surface area (Å²) in [6.45, 7) is 0.453. The number of hydrogen-bond acceptors (Lipinski definition) is 1. The van der Waals surface area contributed by atoms with E-state index in [-0.39, 0.29) is 5.75 Å². The average molecular weight is 251 g/mol. The number of ether oxygens (including phenoxy) is 1. The minimum atomic E-state index is -0.617. The van der Waals surface area contributed by atoms with Gasteiger partial charge in [0, 0.05) is 23.5 Å². The second-order valence-corrected chi connectivity index (χ2v) is 3.29. The Morgan fingerprint density at radius 2 is 1.77 bits per heavy atom. The summed E-state index contributed by atoms with van der Waals surface area (Å²) in [6, 6.07) is 3.14. The summed E-state index contributed by atoms with van der Waals surface area (Å²) in [4.78, 5) is 0. The first-order valence-electron chi connectivity index (χ1n) is 3.87. The van der Waals surface area contributed by atoms with Gasteiger partial charge in [-0.15, -0.1) is 0 Å². The molecule has 0 radical (unpaired) electrons.